The summed E-state index contributed by atoms with van der Waals surface area (Å²) in [6.45, 7) is 7.47. The Labute approximate surface area is 123 Å². The van der Waals surface area contributed by atoms with E-state index in [2.05, 4.69) is 20.1 Å². The predicted molar refractivity (Wildman–Crippen MR) is 77.8 cm³/mol. The van der Waals surface area contributed by atoms with Gasteiger partial charge in [-0.1, -0.05) is 23.2 Å². The smallest absolute Gasteiger partial charge is 0.129 e. The fourth-order valence-corrected chi connectivity index (χ4v) is 2.93. The van der Waals surface area contributed by atoms with Crippen molar-refractivity contribution in [1.29, 1.82) is 0 Å². The fourth-order valence-electron chi connectivity index (χ4n) is 2.60. The number of piperazine rings is 1. The molecule has 2 saturated heterocycles. The molecule has 3 heterocycles. The summed E-state index contributed by atoms with van der Waals surface area (Å²) in [5, 5.41) is 4.54. The third-order valence-corrected chi connectivity index (χ3v) is 4.50. The van der Waals surface area contributed by atoms with E-state index < -0.39 is 0 Å². The molecular weight excluding hydrogens is 283 g/mol. The Morgan fingerprint density at radius 1 is 1.16 bits per heavy atom. The van der Waals surface area contributed by atoms with Gasteiger partial charge in [0.2, 0.25) is 0 Å². The first-order valence-corrected chi connectivity index (χ1v) is 7.46. The molecule has 19 heavy (non-hydrogen) atoms. The second-order valence-electron chi connectivity index (χ2n) is 5.19. The van der Waals surface area contributed by atoms with Crippen molar-refractivity contribution in [2.75, 3.05) is 39.3 Å². The van der Waals surface area contributed by atoms with Crippen LogP contribution in [-0.2, 0) is 6.54 Å². The molecule has 1 N–H and O–H groups in total. The molecule has 2 fully saturated rings. The lowest BCUT2D eigenvalue weighted by Gasteiger charge is -2.43. The molecule has 0 amide bonds. The Bertz CT molecular complexity index is 442. The molecule has 6 heteroatoms. The largest absolute Gasteiger partial charge is 0.314 e. The first kappa shape index (κ1) is 13.6. The van der Waals surface area contributed by atoms with E-state index in [0.29, 0.717) is 10.2 Å². The summed E-state index contributed by atoms with van der Waals surface area (Å²) < 4.78 is 0. The first-order valence-electron chi connectivity index (χ1n) is 6.70. The number of nitrogens with one attached hydrogen (secondary N) is 1. The van der Waals surface area contributed by atoms with E-state index >= 15 is 0 Å². The minimum atomic E-state index is 0.513. The molecule has 0 saturated carbocycles. The van der Waals surface area contributed by atoms with Gasteiger partial charge < -0.3 is 5.32 Å². The predicted octanol–water partition coefficient (Wildman–Crippen LogP) is 1.48. The van der Waals surface area contributed by atoms with Crippen molar-refractivity contribution in [3.05, 3.63) is 28.0 Å². The van der Waals surface area contributed by atoms with Crippen molar-refractivity contribution in [1.82, 2.24) is 20.1 Å². The lowest BCUT2D eigenvalue weighted by atomic mass is 10.1. The highest BCUT2D eigenvalue weighted by Crippen LogP contribution is 2.19. The van der Waals surface area contributed by atoms with E-state index in [1.54, 1.807) is 6.07 Å². The molecule has 104 valence electrons. The van der Waals surface area contributed by atoms with Crippen LogP contribution in [0, 0.1) is 0 Å². The van der Waals surface area contributed by atoms with Gasteiger partial charge in [-0.05, 0) is 12.1 Å². The number of halogens is 2. The Balaban J connectivity index is 1.55. The maximum atomic E-state index is 6.16. The lowest BCUT2D eigenvalue weighted by Crippen LogP contribution is -2.61. The topological polar surface area (TPSA) is 31.4 Å². The average molecular weight is 301 g/mol. The zero-order valence-electron chi connectivity index (χ0n) is 10.8. The van der Waals surface area contributed by atoms with Gasteiger partial charge in [-0.25, -0.2) is 4.98 Å². The van der Waals surface area contributed by atoms with Gasteiger partial charge in [-0.3, -0.25) is 9.80 Å². The monoisotopic (exact) mass is 300 g/mol. The van der Waals surface area contributed by atoms with Crippen LogP contribution >= 0.6 is 23.2 Å². The van der Waals surface area contributed by atoms with Crippen molar-refractivity contribution in [2.24, 2.45) is 0 Å². The van der Waals surface area contributed by atoms with Crippen molar-refractivity contribution >= 4 is 23.2 Å². The minimum Gasteiger partial charge on any atom is -0.314 e. The highest BCUT2D eigenvalue weighted by atomic mass is 35.5. The molecule has 4 nitrogen and oxygen atoms in total. The maximum Gasteiger partial charge on any atom is 0.129 e. The Morgan fingerprint density at radius 3 is 2.53 bits per heavy atom. The second kappa shape index (κ2) is 5.94. The van der Waals surface area contributed by atoms with Crippen LogP contribution in [0.5, 0.6) is 0 Å². The van der Waals surface area contributed by atoms with Gasteiger partial charge in [-0.15, -0.1) is 0 Å². The molecule has 0 spiro atoms. The lowest BCUT2D eigenvalue weighted by molar-refractivity contribution is 0.0690. The summed E-state index contributed by atoms with van der Waals surface area (Å²) in [6.07, 6.45) is 0. The number of hydrogen-bond acceptors (Lipinski definition) is 4. The van der Waals surface area contributed by atoms with Crippen LogP contribution in [0.2, 0.25) is 10.2 Å². The molecule has 0 aromatic carbocycles. The van der Waals surface area contributed by atoms with Gasteiger partial charge in [0.05, 0.1) is 10.7 Å². The zero-order valence-corrected chi connectivity index (χ0v) is 12.3. The highest BCUT2D eigenvalue weighted by molar-refractivity contribution is 6.32. The molecule has 2 aliphatic heterocycles. The van der Waals surface area contributed by atoms with Gasteiger partial charge in [-0.2, -0.15) is 0 Å². The minimum absolute atomic E-state index is 0.513. The van der Waals surface area contributed by atoms with Crippen molar-refractivity contribution in [3.63, 3.8) is 0 Å². The van der Waals surface area contributed by atoms with Crippen LogP contribution in [0.25, 0.3) is 0 Å². The van der Waals surface area contributed by atoms with Crippen LogP contribution in [-0.4, -0.2) is 60.1 Å². The normalized spacial score (nSPS) is 22.4. The van der Waals surface area contributed by atoms with Gasteiger partial charge in [0, 0.05) is 51.9 Å². The van der Waals surface area contributed by atoms with Gasteiger partial charge >= 0.3 is 0 Å². The van der Waals surface area contributed by atoms with Gasteiger partial charge in [0.1, 0.15) is 5.15 Å². The maximum absolute atomic E-state index is 6.16. The third kappa shape index (κ3) is 3.20. The van der Waals surface area contributed by atoms with E-state index in [-0.39, 0.29) is 0 Å². The Morgan fingerprint density at radius 2 is 1.89 bits per heavy atom. The summed E-state index contributed by atoms with van der Waals surface area (Å²) >= 11 is 12.1. The number of rotatable bonds is 3. The molecule has 0 bridgehead atoms. The van der Waals surface area contributed by atoms with Crippen LogP contribution in [0.4, 0.5) is 0 Å². The molecule has 1 aromatic heterocycles. The summed E-state index contributed by atoms with van der Waals surface area (Å²) in [5.74, 6) is 0. The molecule has 2 aliphatic rings. The quantitative estimate of drug-likeness (QED) is 0.857. The van der Waals surface area contributed by atoms with Crippen molar-refractivity contribution in [2.45, 2.75) is 12.6 Å². The number of hydrogen-bond donors (Lipinski definition) is 1. The molecule has 0 unspecified atom stereocenters. The molecule has 0 atom stereocenters. The van der Waals surface area contributed by atoms with E-state index in [4.69, 9.17) is 23.2 Å². The molecule has 1 aromatic rings. The fraction of sp³-hybridized carbons (Fsp3) is 0.615. The number of nitrogens with zero attached hydrogens (tertiary/aromatic N) is 3. The Hall–Kier alpha value is -0.390. The van der Waals surface area contributed by atoms with Crippen LogP contribution in [0.3, 0.4) is 0 Å². The Kier molecular flexibility index (Phi) is 4.24. The first-order chi connectivity index (χ1) is 9.22. The van der Waals surface area contributed by atoms with E-state index in [1.807, 2.05) is 6.07 Å². The summed E-state index contributed by atoms with van der Waals surface area (Å²) in [4.78, 5) is 9.28. The third-order valence-electron chi connectivity index (χ3n) is 3.94. The summed E-state index contributed by atoms with van der Waals surface area (Å²) in [5.41, 5.74) is 0.882. The molecule has 3 rings (SSSR count). The van der Waals surface area contributed by atoms with Crippen LogP contribution < -0.4 is 5.32 Å². The summed E-state index contributed by atoms with van der Waals surface area (Å²) in [7, 11) is 0. The SMILES string of the molecule is Clc1ccc(Cl)c(CN2CCN(C3CNC3)CC2)n1. The van der Waals surface area contributed by atoms with Crippen molar-refractivity contribution < 1.29 is 0 Å². The number of aromatic nitrogens is 1. The van der Waals surface area contributed by atoms with E-state index in [0.717, 1.165) is 57.5 Å². The molecule has 0 aliphatic carbocycles. The van der Waals surface area contributed by atoms with Crippen LogP contribution in [0.15, 0.2) is 12.1 Å². The number of pyridine rings is 1. The average Bonchev–Trinajstić information content (AvgIpc) is 2.34. The van der Waals surface area contributed by atoms with Crippen LogP contribution in [0.1, 0.15) is 5.69 Å². The summed E-state index contributed by atoms with van der Waals surface area (Å²) in [6, 6.07) is 4.30. The van der Waals surface area contributed by atoms with Gasteiger partial charge in [0.25, 0.3) is 0 Å². The molecule has 0 radical (unpaired) electrons. The molecular formula is C13H18Cl2N4. The van der Waals surface area contributed by atoms with Crippen molar-refractivity contribution in [3.8, 4) is 0 Å². The van der Waals surface area contributed by atoms with E-state index in [9.17, 15) is 0 Å². The second-order valence-corrected chi connectivity index (χ2v) is 5.98. The van der Waals surface area contributed by atoms with E-state index in [1.165, 1.54) is 0 Å². The van der Waals surface area contributed by atoms with Gasteiger partial charge in [0.15, 0.2) is 0 Å². The zero-order chi connectivity index (χ0) is 13.2. The highest BCUT2D eigenvalue weighted by Gasteiger charge is 2.27. The standard InChI is InChI=1S/C13H18Cl2N4/c14-11-1-2-13(15)17-12(11)9-18-3-5-19(6-4-18)10-7-16-8-10/h1-2,10,16H,3-9H2.